The summed E-state index contributed by atoms with van der Waals surface area (Å²) in [7, 11) is 1.69. The third-order valence-corrected chi connectivity index (χ3v) is 3.39. The maximum atomic E-state index is 11.0. The van der Waals surface area contributed by atoms with Crippen LogP contribution < -0.4 is 4.74 Å². The van der Waals surface area contributed by atoms with E-state index in [1.807, 2.05) is 12.1 Å². The second-order valence-corrected chi connectivity index (χ2v) is 5.10. The Balaban J connectivity index is 2.25. The van der Waals surface area contributed by atoms with Crippen LogP contribution in [0.5, 0.6) is 5.75 Å². The fraction of sp³-hybridized carbons (Fsp3) is 0.278. The van der Waals surface area contributed by atoms with Crippen LogP contribution in [0.15, 0.2) is 42.5 Å². The molecule has 0 aliphatic heterocycles. The summed E-state index contributed by atoms with van der Waals surface area (Å²) in [5.41, 5.74) is 4.64. The summed E-state index contributed by atoms with van der Waals surface area (Å²) in [6.45, 7) is 3.70. The van der Waals surface area contributed by atoms with Gasteiger partial charge in [-0.05, 0) is 43.5 Å². The molecular formula is C18H20O2. The van der Waals surface area contributed by atoms with Crippen LogP contribution in [0.2, 0.25) is 0 Å². The number of benzene rings is 2. The van der Waals surface area contributed by atoms with Gasteiger partial charge in [0.2, 0.25) is 0 Å². The van der Waals surface area contributed by atoms with Crippen LogP contribution in [0.3, 0.4) is 0 Å². The molecule has 0 atom stereocenters. The van der Waals surface area contributed by atoms with Crippen molar-refractivity contribution in [2.75, 3.05) is 7.11 Å². The van der Waals surface area contributed by atoms with Crippen molar-refractivity contribution in [3.8, 4) is 16.9 Å². The summed E-state index contributed by atoms with van der Waals surface area (Å²) in [5, 5.41) is 0. The van der Waals surface area contributed by atoms with Gasteiger partial charge >= 0.3 is 0 Å². The molecular weight excluding hydrogens is 248 g/mol. The van der Waals surface area contributed by atoms with Crippen molar-refractivity contribution < 1.29 is 9.53 Å². The highest BCUT2D eigenvalue weighted by molar-refractivity contribution is 5.76. The Morgan fingerprint density at radius 2 is 1.80 bits per heavy atom. The van der Waals surface area contributed by atoms with Gasteiger partial charge in [-0.2, -0.15) is 0 Å². The molecule has 2 rings (SSSR count). The Hall–Kier alpha value is -2.09. The average Bonchev–Trinajstić information content (AvgIpc) is 2.45. The third kappa shape index (κ3) is 3.47. The van der Waals surface area contributed by atoms with E-state index in [-0.39, 0.29) is 5.78 Å². The Kier molecular flexibility index (Phi) is 4.57. The molecule has 0 spiro atoms. The number of Topliss-reactive ketones (excluding diaryl/α,β-unsaturated/α-hetero) is 1. The highest BCUT2D eigenvalue weighted by atomic mass is 16.5. The molecule has 2 nitrogen and oxygen atoms in total. The first kappa shape index (κ1) is 14.3. The lowest BCUT2D eigenvalue weighted by molar-refractivity contribution is -0.116. The predicted octanol–water partition coefficient (Wildman–Crippen LogP) is 4.19. The zero-order chi connectivity index (χ0) is 14.5. The van der Waals surface area contributed by atoms with Crippen LogP contribution in [-0.4, -0.2) is 12.9 Å². The first-order chi connectivity index (χ1) is 9.60. The first-order valence-electron chi connectivity index (χ1n) is 6.83. The predicted molar refractivity (Wildman–Crippen MR) is 82.2 cm³/mol. The lowest BCUT2D eigenvalue weighted by Gasteiger charge is -2.10. The maximum absolute atomic E-state index is 11.0. The van der Waals surface area contributed by atoms with E-state index in [0.29, 0.717) is 6.42 Å². The minimum atomic E-state index is 0.231. The summed E-state index contributed by atoms with van der Waals surface area (Å²) >= 11 is 0. The monoisotopic (exact) mass is 268 g/mol. The molecule has 20 heavy (non-hydrogen) atoms. The minimum absolute atomic E-state index is 0.231. The Bertz CT molecular complexity index is 597. The van der Waals surface area contributed by atoms with Crippen molar-refractivity contribution in [3.63, 3.8) is 0 Å². The van der Waals surface area contributed by atoms with E-state index in [2.05, 4.69) is 37.3 Å². The van der Waals surface area contributed by atoms with Crippen molar-refractivity contribution in [2.45, 2.75) is 26.7 Å². The second kappa shape index (κ2) is 6.38. The molecule has 0 aliphatic rings. The number of methoxy groups -OCH3 is 1. The summed E-state index contributed by atoms with van der Waals surface area (Å²) in [6.07, 6.45) is 1.41. The maximum Gasteiger partial charge on any atom is 0.130 e. The summed E-state index contributed by atoms with van der Waals surface area (Å²) in [6, 6.07) is 14.5. The van der Waals surface area contributed by atoms with Gasteiger partial charge in [-0.3, -0.25) is 0 Å². The number of aryl methyl sites for hydroxylation is 2. The highest BCUT2D eigenvalue weighted by Crippen LogP contribution is 2.31. The molecule has 0 radical (unpaired) electrons. The molecule has 0 aliphatic carbocycles. The van der Waals surface area contributed by atoms with E-state index >= 15 is 0 Å². The van der Waals surface area contributed by atoms with Crippen molar-refractivity contribution in [1.29, 1.82) is 0 Å². The van der Waals surface area contributed by atoms with Crippen LogP contribution >= 0.6 is 0 Å². The molecule has 2 aromatic rings. The van der Waals surface area contributed by atoms with Crippen molar-refractivity contribution in [3.05, 3.63) is 53.6 Å². The SMILES string of the molecule is COc1ccc(C)cc1-c1ccc(CCC(C)=O)cc1. The average molecular weight is 268 g/mol. The van der Waals surface area contributed by atoms with Crippen LogP contribution in [0.1, 0.15) is 24.5 Å². The quantitative estimate of drug-likeness (QED) is 0.812. The van der Waals surface area contributed by atoms with E-state index in [1.54, 1.807) is 14.0 Å². The van der Waals surface area contributed by atoms with Gasteiger partial charge in [0.1, 0.15) is 11.5 Å². The van der Waals surface area contributed by atoms with Gasteiger partial charge in [0.25, 0.3) is 0 Å². The molecule has 2 heteroatoms. The molecule has 0 bridgehead atoms. The molecule has 0 unspecified atom stereocenters. The fourth-order valence-electron chi connectivity index (χ4n) is 2.22. The van der Waals surface area contributed by atoms with E-state index in [4.69, 9.17) is 4.74 Å². The third-order valence-electron chi connectivity index (χ3n) is 3.39. The number of ketones is 1. The van der Waals surface area contributed by atoms with Gasteiger partial charge in [-0.1, -0.05) is 35.9 Å². The largest absolute Gasteiger partial charge is 0.496 e. The molecule has 0 aromatic heterocycles. The van der Waals surface area contributed by atoms with Crippen LogP contribution in [0.25, 0.3) is 11.1 Å². The van der Waals surface area contributed by atoms with Crippen LogP contribution in [0.4, 0.5) is 0 Å². The Morgan fingerprint density at radius 3 is 2.40 bits per heavy atom. The van der Waals surface area contributed by atoms with Gasteiger partial charge in [0.05, 0.1) is 7.11 Å². The number of hydrogen-bond acceptors (Lipinski definition) is 2. The second-order valence-electron chi connectivity index (χ2n) is 5.10. The normalized spacial score (nSPS) is 10.3. The van der Waals surface area contributed by atoms with E-state index in [1.165, 1.54) is 11.1 Å². The zero-order valence-electron chi connectivity index (χ0n) is 12.3. The molecule has 0 fully saturated rings. The summed E-state index contributed by atoms with van der Waals surface area (Å²) < 4.78 is 5.42. The van der Waals surface area contributed by atoms with E-state index in [9.17, 15) is 4.79 Å². The lowest BCUT2D eigenvalue weighted by atomic mass is 9.99. The van der Waals surface area contributed by atoms with Crippen LogP contribution in [0, 0.1) is 6.92 Å². The molecule has 0 N–H and O–H groups in total. The standard InChI is InChI=1S/C18H20O2/c1-13-4-11-18(20-3)17(12-13)16-9-7-15(8-10-16)6-5-14(2)19/h4,7-12H,5-6H2,1-3H3. The molecule has 2 aromatic carbocycles. The highest BCUT2D eigenvalue weighted by Gasteiger charge is 2.06. The number of rotatable bonds is 5. The van der Waals surface area contributed by atoms with Crippen LogP contribution in [-0.2, 0) is 11.2 Å². The Morgan fingerprint density at radius 1 is 1.10 bits per heavy atom. The topological polar surface area (TPSA) is 26.3 Å². The fourth-order valence-corrected chi connectivity index (χ4v) is 2.22. The van der Waals surface area contributed by atoms with Gasteiger partial charge in [0, 0.05) is 12.0 Å². The van der Waals surface area contributed by atoms with Crippen molar-refractivity contribution in [1.82, 2.24) is 0 Å². The zero-order valence-corrected chi connectivity index (χ0v) is 12.3. The molecule has 0 heterocycles. The summed E-state index contributed by atoms with van der Waals surface area (Å²) in [4.78, 5) is 11.0. The van der Waals surface area contributed by atoms with Crippen molar-refractivity contribution >= 4 is 5.78 Å². The number of carbonyl (C=O) groups excluding carboxylic acids is 1. The first-order valence-corrected chi connectivity index (χ1v) is 6.83. The van der Waals surface area contributed by atoms with E-state index in [0.717, 1.165) is 23.3 Å². The minimum Gasteiger partial charge on any atom is -0.496 e. The molecule has 104 valence electrons. The molecule has 0 saturated carbocycles. The van der Waals surface area contributed by atoms with Gasteiger partial charge in [0.15, 0.2) is 0 Å². The molecule has 0 amide bonds. The molecule has 0 saturated heterocycles. The number of hydrogen-bond donors (Lipinski definition) is 0. The number of ether oxygens (including phenoxy) is 1. The summed E-state index contributed by atoms with van der Waals surface area (Å²) in [5.74, 6) is 1.11. The Labute approximate surface area is 120 Å². The smallest absolute Gasteiger partial charge is 0.130 e. The van der Waals surface area contributed by atoms with Gasteiger partial charge in [-0.25, -0.2) is 0 Å². The van der Waals surface area contributed by atoms with Crippen molar-refractivity contribution in [2.24, 2.45) is 0 Å². The number of carbonyl (C=O) groups is 1. The lowest BCUT2D eigenvalue weighted by Crippen LogP contribution is -1.94. The van der Waals surface area contributed by atoms with Gasteiger partial charge < -0.3 is 9.53 Å². The van der Waals surface area contributed by atoms with Gasteiger partial charge in [-0.15, -0.1) is 0 Å². The van der Waals surface area contributed by atoms with E-state index < -0.39 is 0 Å².